The number of amides is 2. The van der Waals surface area contributed by atoms with Gasteiger partial charge in [-0.25, -0.2) is 4.79 Å². The Kier molecular flexibility index (Phi) is 5.25. The van der Waals surface area contributed by atoms with Crippen LogP contribution < -0.4 is 20.1 Å². The van der Waals surface area contributed by atoms with E-state index in [9.17, 15) is 14.4 Å². The number of ether oxygens (including phenoxy) is 3. The van der Waals surface area contributed by atoms with Crippen molar-refractivity contribution in [2.45, 2.75) is 6.54 Å². The number of carbonyl (C=O) groups is 3. The van der Waals surface area contributed by atoms with Gasteiger partial charge in [-0.05, 0) is 35.9 Å². The van der Waals surface area contributed by atoms with Crippen LogP contribution in [0.3, 0.4) is 0 Å². The Labute approximate surface area is 155 Å². The summed E-state index contributed by atoms with van der Waals surface area (Å²) in [6, 6.07) is 9.77. The molecule has 0 aliphatic carbocycles. The first kappa shape index (κ1) is 18.2. The zero-order chi connectivity index (χ0) is 19.4. The summed E-state index contributed by atoms with van der Waals surface area (Å²) in [4.78, 5) is 35.5. The van der Waals surface area contributed by atoms with Gasteiger partial charge in [0.15, 0.2) is 6.61 Å². The van der Waals surface area contributed by atoms with Crippen LogP contribution in [0.1, 0.15) is 26.3 Å². The molecule has 8 nitrogen and oxygen atoms in total. The van der Waals surface area contributed by atoms with Crippen LogP contribution in [-0.4, -0.2) is 38.6 Å². The fourth-order valence-electron chi connectivity index (χ4n) is 2.63. The van der Waals surface area contributed by atoms with Gasteiger partial charge in [0, 0.05) is 12.1 Å². The van der Waals surface area contributed by atoms with Crippen molar-refractivity contribution in [2.24, 2.45) is 0 Å². The Morgan fingerprint density at radius 1 is 1.19 bits per heavy atom. The number of esters is 1. The second kappa shape index (κ2) is 7.77. The maximum atomic E-state index is 12.4. The molecular formula is C19H18N2O6. The van der Waals surface area contributed by atoms with E-state index in [1.807, 2.05) is 0 Å². The molecule has 0 saturated heterocycles. The highest BCUT2D eigenvalue weighted by Crippen LogP contribution is 2.28. The average Bonchev–Trinajstić information content (AvgIpc) is 2.70. The van der Waals surface area contributed by atoms with Crippen molar-refractivity contribution in [3.05, 3.63) is 53.1 Å². The van der Waals surface area contributed by atoms with Crippen LogP contribution >= 0.6 is 0 Å². The number of hydrogen-bond donors (Lipinski definition) is 2. The minimum Gasteiger partial charge on any atom is -0.496 e. The Balaban J connectivity index is 1.71. The third-order valence-electron chi connectivity index (χ3n) is 4.00. The lowest BCUT2D eigenvalue weighted by Gasteiger charge is -2.18. The summed E-state index contributed by atoms with van der Waals surface area (Å²) in [5.41, 5.74) is 1.92. The van der Waals surface area contributed by atoms with Crippen molar-refractivity contribution in [1.29, 1.82) is 0 Å². The zero-order valence-corrected chi connectivity index (χ0v) is 14.8. The Hall–Kier alpha value is -3.55. The minimum atomic E-state index is -0.520. The van der Waals surface area contributed by atoms with Crippen molar-refractivity contribution in [3.63, 3.8) is 0 Å². The Morgan fingerprint density at radius 3 is 2.74 bits per heavy atom. The topological polar surface area (TPSA) is 103 Å². The Bertz CT molecular complexity index is 909. The molecule has 8 heteroatoms. The van der Waals surface area contributed by atoms with E-state index in [1.165, 1.54) is 14.2 Å². The molecule has 1 heterocycles. The van der Waals surface area contributed by atoms with E-state index in [0.29, 0.717) is 28.3 Å². The number of carbonyl (C=O) groups excluding carboxylic acids is 3. The van der Waals surface area contributed by atoms with Crippen LogP contribution in [0, 0.1) is 0 Å². The molecule has 1 aliphatic rings. The number of methoxy groups -OCH3 is 2. The third-order valence-corrected chi connectivity index (χ3v) is 4.00. The van der Waals surface area contributed by atoms with Crippen molar-refractivity contribution < 1.29 is 28.6 Å². The van der Waals surface area contributed by atoms with Gasteiger partial charge in [0.25, 0.3) is 11.8 Å². The average molecular weight is 370 g/mol. The summed E-state index contributed by atoms with van der Waals surface area (Å²) in [7, 11) is 2.75. The van der Waals surface area contributed by atoms with E-state index in [0.717, 1.165) is 0 Å². The van der Waals surface area contributed by atoms with Crippen molar-refractivity contribution in [2.75, 3.05) is 26.1 Å². The van der Waals surface area contributed by atoms with Gasteiger partial charge in [0.05, 0.1) is 19.9 Å². The largest absolute Gasteiger partial charge is 0.496 e. The van der Waals surface area contributed by atoms with E-state index in [1.54, 1.807) is 36.4 Å². The van der Waals surface area contributed by atoms with E-state index in [-0.39, 0.29) is 30.5 Å². The lowest BCUT2D eigenvalue weighted by molar-refractivity contribution is -0.118. The highest BCUT2D eigenvalue weighted by Gasteiger charge is 2.18. The molecular weight excluding hydrogens is 352 g/mol. The van der Waals surface area contributed by atoms with Gasteiger partial charge in [-0.1, -0.05) is 6.07 Å². The van der Waals surface area contributed by atoms with Gasteiger partial charge in [-0.2, -0.15) is 0 Å². The maximum Gasteiger partial charge on any atom is 0.341 e. The summed E-state index contributed by atoms with van der Waals surface area (Å²) in [5.74, 6) is -0.228. The summed E-state index contributed by atoms with van der Waals surface area (Å²) in [6.07, 6.45) is 0. The van der Waals surface area contributed by atoms with Gasteiger partial charge in [-0.3, -0.25) is 9.59 Å². The fourth-order valence-corrected chi connectivity index (χ4v) is 2.63. The van der Waals surface area contributed by atoms with Crippen LogP contribution in [0.2, 0.25) is 0 Å². The van der Waals surface area contributed by atoms with Crippen molar-refractivity contribution in [1.82, 2.24) is 5.32 Å². The van der Waals surface area contributed by atoms with Gasteiger partial charge < -0.3 is 24.8 Å². The number of hydrogen-bond acceptors (Lipinski definition) is 6. The quantitative estimate of drug-likeness (QED) is 0.777. The van der Waals surface area contributed by atoms with Gasteiger partial charge in [0.2, 0.25) is 0 Å². The molecule has 27 heavy (non-hydrogen) atoms. The molecule has 0 bridgehead atoms. The number of rotatable bonds is 5. The van der Waals surface area contributed by atoms with Crippen LogP contribution in [0.4, 0.5) is 5.69 Å². The first-order chi connectivity index (χ1) is 13.0. The summed E-state index contributed by atoms with van der Waals surface area (Å²) in [6.45, 7) is 0.127. The molecule has 2 amide bonds. The van der Waals surface area contributed by atoms with E-state index in [4.69, 9.17) is 14.2 Å². The predicted octanol–water partition coefficient (Wildman–Crippen LogP) is 1.74. The normalized spacial score (nSPS) is 12.3. The highest BCUT2D eigenvalue weighted by molar-refractivity contribution is 5.99. The monoisotopic (exact) mass is 370 g/mol. The summed E-state index contributed by atoms with van der Waals surface area (Å²) >= 11 is 0. The molecule has 0 spiro atoms. The van der Waals surface area contributed by atoms with Gasteiger partial charge in [0.1, 0.15) is 17.1 Å². The SMILES string of the molecule is COC(=O)c1cc(CNC(=O)c2ccc3c(c2)OCC(=O)N3)ccc1OC. The lowest BCUT2D eigenvalue weighted by atomic mass is 10.1. The van der Waals surface area contributed by atoms with Crippen molar-refractivity contribution in [3.8, 4) is 11.5 Å². The first-order valence-corrected chi connectivity index (χ1v) is 8.12. The molecule has 2 N–H and O–H groups in total. The van der Waals surface area contributed by atoms with Crippen LogP contribution in [0.5, 0.6) is 11.5 Å². The van der Waals surface area contributed by atoms with Crippen LogP contribution in [-0.2, 0) is 16.1 Å². The number of benzene rings is 2. The number of anilines is 1. The second-order valence-electron chi connectivity index (χ2n) is 5.76. The Morgan fingerprint density at radius 2 is 2.00 bits per heavy atom. The van der Waals surface area contributed by atoms with Gasteiger partial charge >= 0.3 is 5.97 Å². The van der Waals surface area contributed by atoms with Gasteiger partial charge in [-0.15, -0.1) is 0 Å². The lowest BCUT2D eigenvalue weighted by Crippen LogP contribution is -2.26. The zero-order valence-electron chi connectivity index (χ0n) is 14.8. The highest BCUT2D eigenvalue weighted by atomic mass is 16.5. The molecule has 0 radical (unpaired) electrons. The molecule has 2 aromatic carbocycles. The van der Waals surface area contributed by atoms with E-state index < -0.39 is 5.97 Å². The molecule has 1 aliphatic heterocycles. The third kappa shape index (κ3) is 4.00. The second-order valence-corrected chi connectivity index (χ2v) is 5.76. The van der Waals surface area contributed by atoms with E-state index >= 15 is 0 Å². The van der Waals surface area contributed by atoms with Crippen LogP contribution in [0.15, 0.2) is 36.4 Å². The first-order valence-electron chi connectivity index (χ1n) is 8.12. The van der Waals surface area contributed by atoms with E-state index in [2.05, 4.69) is 10.6 Å². The molecule has 0 atom stereocenters. The standard InChI is InChI=1S/C19H18N2O6/c1-25-15-6-3-11(7-13(15)19(24)26-2)9-20-18(23)12-4-5-14-16(8-12)27-10-17(22)21-14/h3-8H,9-10H2,1-2H3,(H,20,23)(H,21,22). The molecule has 140 valence electrons. The minimum absolute atomic E-state index is 0.0831. The summed E-state index contributed by atoms with van der Waals surface area (Å²) in [5, 5.41) is 5.44. The molecule has 0 saturated carbocycles. The molecule has 3 rings (SSSR count). The number of fused-ring (bicyclic) bond motifs is 1. The number of nitrogens with one attached hydrogen (secondary N) is 2. The van der Waals surface area contributed by atoms with Crippen molar-refractivity contribution >= 4 is 23.5 Å². The smallest absolute Gasteiger partial charge is 0.341 e. The molecule has 2 aromatic rings. The molecule has 0 fully saturated rings. The molecule has 0 unspecified atom stereocenters. The fraction of sp³-hybridized carbons (Fsp3) is 0.211. The maximum absolute atomic E-state index is 12.4. The predicted molar refractivity (Wildman–Crippen MR) is 96.1 cm³/mol. The van der Waals surface area contributed by atoms with Crippen LogP contribution in [0.25, 0.3) is 0 Å². The molecule has 0 aromatic heterocycles. The summed E-state index contributed by atoms with van der Waals surface area (Å²) < 4.78 is 15.2.